The van der Waals surface area contributed by atoms with Gasteiger partial charge in [-0.25, -0.2) is 0 Å². The van der Waals surface area contributed by atoms with Gasteiger partial charge in [-0.05, 0) is 24.1 Å². The molecule has 0 amide bonds. The van der Waals surface area contributed by atoms with Crippen LogP contribution in [0.2, 0.25) is 0 Å². The molecular weight excluding hydrogens is 308 g/mol. The summed E-state index contributed by atoms with van der Waals surface area (Å²) in [7, 11) is 1.55. The van der Waals surface area contributed by atoms with Gasteiger partial charge < -0.3 is 9.64 Å². The number of ketones is 1. The fourth-order valence-electron chi connectivity index (χ4n) is 2.73. The van der Waals surface area contributed by atoms with Gasteiger partial charge in [0.25, 0.3) is 0 Å². The fourth-order valence-corrected chi connectivity index (χ4v) is 3.74. The van der Waals surface area contributed by atoms with Crippen LogP contribution in [0.3, 0.4) is 0 Å². The van der Waals surface area contributed by atoms with Gasteiger partial charge in [0.2, 0.25) is 5.78 Å². The number of carbonyl (C=O) groups excluding carboxylic acids is 1. The molecule has 1 aromatic heterocycles. The van der Waals surface area contributed by atoms with Crippen molar-refractivity contribution < 1.29 is 9.53 Å². The van der Waals surface area contributed by atoms with E-state index in [1.54, 1.807) is 25.1 Å². The molecule has 4 nitrogen and oxygen atoms in total. The van der Waals surface area contributed by atoms with Crippen molar-refractivity contribution in [3.63, 3.8) is 0 Å². The van der Waals surface area contributed by atoms with Crippen LogP contribution in [0.25, 0.3) is 0 Å². The summed E-state index contributed by atoms with van der Waals surface area (Å²) in [5.41, 5.74) is 2.45. The summed E-state index contributed by atoms with van der Waals surface area (Å²) < 4.78 is 5.11. The minimum atomic E-state index is -0.0661. The zero-order valence-electron chi connectivity index (χ0n) is 13.1. The van der Waals surface area contributed by atoms with Crippen LogP contribution in [0.5, 0.6) is 0 Å². The van der Waals surface area contributed by atoms with Gasteiger partial charge in [-0.15, -0.1) is 11.8 Å². The highest BCUT2D eigenvalue weighted by Gasteiger charge is 2.30. The first-order valence-electron chi connectivity index (χ1n) is 7.71. The molecule has 0 aliphatic carbocycles. The second-order valence-corrected chi connectivity index (χ2v) is 6.60. The number of pyridine rings is 1. The smallest absolute Gasteiger partial charge is 0.211 e. The first kappa shape index (κ1) is 15.9. The monoisotopic (exact) mass is 328 g/mol. The lowest BCUT2D eigenvalue weighted by molar-refractivity contribution is -0.117. The van der Waals surface area contributed by atoms with Gasteiger partial charge in [0.05, 0.1) is 12.4 Å². The average Bonchev–Trinajstić information content (AvgIpc) is 2.95. The van der Waals surface area contributed by atoms with Crippen molar-refractivity contribution >= 4 is 17.5 Å². The van der Waals surface area contributed by atoms with E-state index in [-0.39, 0.29) is 11.0 Å². The lowest BCUT2D eigenvalue weighted by Crippen LogP contribution is -2.30. The molecule has 0 radical (unpaired) electrons. The molecule has 0 N–H and O–H groups in total. The van der Waals surface area contributed by atoms with E-state index in [1.807, 2.05) is 17.7 Å². The third-order valence-corrected chi connectivity index (χ3v) is 5.10. The first-order valence-corrected chi connectivity index (χ1v) is 8.65. The minimum absolute atomic E-state index is 0.0661. The number of rotatable bonds is 6. The van der Waals surface area contributed by atoms with Gasteiger partial charge in [0.15, 0.2) is 5.76 Å². The quantitative estimate of drug-likeness (QED) is 0.803. The maximum absolute atomic E-state index is 12.2. The average molecular weight is 328 g/mol. The Hall–Kier alpha value is -2.01. The third-order valence-electron chi connectivity index (χ3n) is 4.04. The molecule has 1 aromatic rings. The molecule has 0 spiro atoms. The lowest BCUT2D eigenvalue weighted by Gasteiger charge is -2.29. The van der Waals surface area contributed by atoms with Crippen molar-refractivity contribution in [3.8, 4) is 0 Å². The lowest BCUT2D eigenvalue weighted by atomic mass is 10.1. The molecule has 2 aliphatic heterocycles. The first-order chi connectivity index (χ1) is 11.3. The number of nitrogens with zero attached hydrogens (tertiary/aromatic N) is 2. The summed E-state index contributed by atoms with van der Waals surface area (Å²) in [6.45, 7) is 1.82. The zero-order chi connectivity index (χ0) is 16.1. The summed E-state index contributed by atoms with van der Waals surface area (Å²) in [5, 5.41) is 1.76. The number of hydrogen-bond donors (Lipinski definition) is 0. The standard InChI is InChI=1S/C18H20N2O2S/c1-22-16-13-23-17(18(16)21)11-15-6-2-3-9-20(15)10-7-14-5-4-8-19-12-14/h2-6,8,12-13,17H,7,9-11H2,1H3. The number of thioether (sulfide) groups is 1. The molecule has 5 heteroatoms. The molecule has 1 unspecified atom stereocenters. The maximum Gasteiger partial charge on any atom is 0.211 e. The number of Topliss-reactive ketones (excluding diaryl/α,β-unsaturated/α-hetero) is 1. The van der Waals surface area contributed by atoms with Crippen LogP contribution >= 0.6 is 11.8 Å². The summed E-state index contributed by atoms with van der Waals surface area (Å²) in [6.07, 6.45) is 11.7. The van der Waals surface area contributed by atoms with Gasteiger partial charge in [0.1, 0.15) is 0 Å². The fraction of sp³-hybridized carbons (Fsp3) is 0.333. The molecule has 0 fully saturated rings. The highest BCUT2D eigenvalue weighted by molar-refractivity contribution is 8.04. The van der Waals surface area contributed by atoms with Gasteiger partial charge in [-0.2, -0.15) is 0 Å². The van der Waals surface area contributed by atoms with Crippen molar-refractivity contribution in [1.82, 2.24) is 9.88 Å². The van der Waals surface area contributed by atoms with Crippen molar-refractivity contribution in [1.29, 1.82) is 0 Å². The van der Waals surface area contributed by atoms with E-state index in [0.717, 1.165) is 25.9 Å². The second kappa shape index (κ2) is 7.51. The van der Waals surface area contributed by atoms with Crippen LogP contribution in [0.4, 0.5) is 0 Å². The Morgan fingerprint density at radius 1 is 1.48 bits per heavy atom. The molecule has 1 atom stereocenters. The van der Waals surface area contributed by atoms with E-state index in [2.05, 4.69) is 34.2 Å². The molecule has 3 rings (SSSR count). The van der Waals surface area contributed by atoms with E-state index >= 15 is 0 Å². The van der Waals surface area contributed by atoms with Crippen molar-refractivity contribution in [3.05, 3.63) is 65.2 Å². The van der Waals surface area contributed by atoms with Crippen LogP contribution in [0.1, 0.15) is 12.0 Å². The van der Waals surface area contributed by atoms with Gasteiger partial charge in [-0.3, -0.25) is 9.78 Å². The Kier molecular flexibility index (Phi) is 5.18. The number of ether oxygens (including phenoxy) is 1. The Morgan fingerprint density at radius 2 is 2.39 bits per heavy atom. The van der Waals surface area contributed by atoms with E-state index < -0.39 is 0 Å². The molecule has 23 heavy (non-hydrogen) atoms. The Labute approximate surface area is 140 Å². The topological polar surface area (TPSA) is 42.4 Å². The van der Waals surface area contributed by atoms with E-state index in [9.17, 15) is 4.79 Å². The third kappa shape index (κ3) is 3.85. The maximum atomic E-state index is 12.2. The summed E-state index contributed by atoms with van der Waals surface area (Å²) >= 11 is 1.56. The molecule has 0 saturated heterocycles. The van der Waals surface area contributed by atoms with Crippen LogP contribution in [0.15, 0.2) is 59.6 Å². The van der Waals surface area contributed by atoms with Crippen LogP contribution in [-0.2, 0) is 16.0 Å². The molecule has 120 valence electrons. The molecule has 2 aliphatic rings. The van der Waals surface area contributed by atoms with Crippen LogP contribution < -0.4 is 0 Å². The molecule has 0 aromatic carbocycles. The number of aromatic nitrogens is 1. The molecular formula is C18H20N2O2S. The predicted octanol–water partition coefficient (Wildman–Crippen LogP) is 2.94. The summed E-state index contributed by atoms with van der Waals surface area (Å²) in [6, 6.07) is 4.06. The van der Waals surface area contributed by atoms with E-state index in [4.69, 9.17) is 4.74 Å². The second-order valence-electron chi connectivity index (χ2n) is 5.52. The highest BCUT2D eigenvalue weighted by Crippen LogP contribution is 2.33. The Morgan fingerprint density at radius 3 is 3.13 bits per heavy atom. The Bertz CT molecular complexity index is 652. The van der Waals surface area contributed by atoms with Crippen molar-refractivity contribution in [2.24, 2.45) is 0 Å². The predicted molar refractivity (Wildman–Crippen MR) is 92.8 cm³/mol. The van der Waals surface area contributed by atoms with Gasteiger partial charge in [0, 0.05) is 43.0 Å². The SMILES string of the molecule is COC1=CSC(CC2=CC=CCN2CCc2cccnc2)C1=O. The number of carbonyl (C=O) groups is 1. The summed E-state index contributed by atoms with van der Waals surface area (Å²) in [4.78, 5) is 18.7. The highest BCUT2D eigenvalue weighted by atomic mass is 32.2. The van der Waals surface area contributed by atoms with E-state index in [0.29, 0.717) is 5.76 Å². The molecule has 3 heterocycles. The van der Waals surface area contributed by atoms with Crippen LogP contribution in [-0.4, -0.2) is 41.1 Å². The number of methoxy groups -OCH3 is 1. The zero-order valence-corrected chi connectivity index (χ0v) is 14.0. The Balaban J connectivity index is 1.60. The van der Waals surface area contributed by atoms with Gasteiger partial charge >= 0.3 is 0 Å². The van der Waals surface area contributed by atoms with Crippen molar-refractivity contribution in [2.75, 3.05) is 20.2 Å². The summed E-state index contributed by atoms with van der Waals surface area (Å²) in [5.74, 6) is 0.578. The van der Waals surface area contributed by atoms with Gasteiger partial charge in [-0.1, -0.05) is 18.2 Å². The van der Waals surface area contributed by atoms with Crippen LogP contribution in [0, 0.1) is 0 Å². The van der Waals surface area contributed by atoms with Crippen molar-refractivity contribution in [2.45, 2.75) is 18.1 Å². The largest absolute Gasteiger partial charge is 0.492 e. The molecule has 0 saturated carbocycles. The number of allylic oxidation sites excluding steroid dienone is 4. The normalized spacial score (nSPS) is 20.5. The molecule has 0 bridgehead atoms. The number of hydrogen-bond acceptors (Lipinski definition) is 5. The minimum Gasteiger partial charge on any atom is -0.492 e. The van der Waals surface area contributed by atoms with E-state index in [1.165, 1.54) is 11.3 Å².